The van der Waals surface area contributed by atoms with E-state index in [0.717, 1.165) is 0 Å². The maximum atomic E-state index is 5.16. The first-order valence-electron chi connectivity index (χ1n) is 2.00. The molecule has 4 N–H and O–H groups in total. The second kappa shape index (κ2) is 1.61. The van der Waals surface area contributed by atoms with Crippen LogP contribution in [0.3, 0.4) is 0 Å². The fourth-order valence-electron chi connectivity index (χ4n) is 0.335. The van der Waals surface area contributed by atoms with Crippen molar-refractivity contribution < 1.29 is 0 Å². The van der Waals surface area contributed by atoms with Crippen molar-refractivity contribution in [2.75, 3.05) is 11.5 Å². The molecule has 0 spiro atoms. The minimum atomic E-state index is 0.289. The van der Waals surface area contributed by atoms with Gasteiger partial charge in [0.15, 0.2) is 11.6 Å². The zero-order valence-corrected chi connectivity index (χ0v) is 4.07. The highest BCUT2D eigenvalue weighted by Crippen LogP contribution is 1.95. The number of rotatable bonds is 0. The zero-order chi connectivity index (χ0) is 5.98. The molecule has 0 aliphatic carbocycles. The molecule has 0 aliphatic heterocycles. The molecule has 0 fully saturated rings. The Kier molecular flexibility index (Phi) is 0.957. The van der Waals surface area contributed by atoms with Crippen molar-refractivity contribution in [3.8, 4) is 0 Å². The van der Waals surface area contributed by atoms with E-state index >= 15 is 0 Å². The van der Waals surface area contributed by atoms with Crippen molar-refractivity contribution in [1.82, 2.24) is 15.4 Å². The van der Waals surface area contributed by atoms with Crippen LogP contribution >= 0.6 is 0 Å². The van der Waals surface area contributed by atoms with Gasteiger partial charge < -0.3 is 11.5 Å². The van der Waals surface area contributed by atoms with Gasteiger partial charge >= 0.3 is 0 Å². The summed E-state index contributed by atoms with van der Waals surface area (Å²) < 4.78 is 0. The lowest BCUT2D eigenvalue weighted by Gasteiger charge is -1.87. The van der Waals surface area contributed by atoms with E-state index in [1.165, 1.54) is 6.07 Å². The first-order valence-corrected chi connectivity index (χ1v) is 2.00. The van der Waals surface area contributed by atoms with Gasteiger partial charge in [-0.2, -0.15) is 0 Å². The largest absolute Gasteiger partial charge is 0.382 e. The molecule has 0 saturated carbocycles. The van der Waals surface area contributed by atoms with Crippen LogP contribution in [0.1, 0.15) is 0 Å². The van der Waals surface area contributed by atoms with Crippen molar-refractivity contribution in [3.63, 3.8) is 0 Å². The fraction of sp³-hybridized carbons (Fsp3) is 0. The Balaban J connectivity index is 3.08. The normalized spacial score (nSPS) is 9.00. The zero-order valence-electron chi connectivity index (χ0n) is 4.07. The number of hydrogen-bond donors (Lipinski definition) is 2. The Labute approximate surface area is 45.7 Å². The summed E-state index contributed by atoms with van der Waals surface area (Å²) in [6.07, 6.45) is 0. The summed E-state index contributed by atoms with van der Waals surface area (Å²) in [5.41, 5.74) is 10.3. The van der Waals surface area contributed by atoms with Crippen LogP contribution in [0.2, 0.25) is 0 Å². The van der Waals surface area contributed by atoms with E-state index < -0.39 is 0 Å². The molecule has 5 nitrogen and oxygen atoms in total. The maximum absolute atomic E-state index is 5.16. The lowest BCUT2D eigenvalue weighted by Crippen LogP contribution is -1.98. The maximum Gasteiger partial charge on any atom is 0.151 e. The second-order valence-electron chi connectivity index (χ2n) is 1.28. The number of nitrogen functional groups attached to an aromatic ring is 2. The van der Waals surface area contributed by atoms with Crippen molar-refractivity contribution in [3.05, 3.63) is 6.07 Å². The van der Waals surface area contributed by atoms with Gasteiger partial charge in [-0.05, 0) is 5.21 Å². The molecule has 8 heavy (non-hydrogen) atoms. The van der Waals surface area contributed by atoms with E-state index in [0.29, 0.717) is 0 Å². The topological polar surface area (TPSA) is 90.7 Å². The predicted molar refractivity (Wildman–Crippen MR) is 28.7 cm³/mol. The summed E-state index contributed by atoms with van der Waals surface area (Å²) in [7, 11) is 0. The SMILES string of the molecule is Nc1cc(N)nnn1. The van der Waals surface area contributed by atoms with Gasteiger partial charge in [0.1, 0.15) is 0 Å². The summed E-state index contributed by atoms with van der Waals surface area (Å²) in [5.74, 6) is 0.579. The molecule has 5 heteroatoms. The Morgan fingerprint density at radius 3 is 1.88 bits per heavy atom. The molecule has 1 heterocycles. The molecule has 0 radical (unpaired) electrons. The smallest absolute Gasteiger partial charge is 0.151 e. The molecule has 0 amide bonds. The second-order valence-corrected chi connectivity index (χ2v) is 1.28. The molecule has 0 unspecified atom stereocenters. The number of hydrogen-bond acceptors (Lipinski definition) is 5. The number of nitrogens with two attached hydrogens (primary N) is 2. The Morgan fingerprint density at radius 1 is 1.12 bits per heavy atom. The molecule has 0 atom stereocenters. The third-order valence-corrected chi connectivity index (χ3v) is 0.616. The molecule has 1 rings (SSSR count). The lowest BCUT2D eigenvalue weighted by atomic mass is 10.6. The van der Waals surface area contributed by atoms with Crippen molar-refractivity contribution >= 4 is 11.6 Å². The Morgan fingerprint density at radius 2 is 1.62 bits per heavy atom. The van der Waals surface area contributed by atoms with Gasteiger partial charge in [0.05, 0.1) is 0 Å². The molecular weight excluding hydrogens is 106 g/mol. The van der Waals surface area contributed by atoms with Crippen LogP contribution in [0.15, 0.2) is 6.07 Å². The molecule has 1 aromatic heterocycles. The number of nitrogens with zero attached hydrogens (tertiary/aromatic N) is 3. The third kappa shape index (κ3) is 0.810. The van der Waals surface area contributed by atoms with E-state index in [4.69, 9.17) is 11.5 Å². The quantitative estimate of drug-likeness (QED) is 0.449. The first-order chi connectivity index (χ1) is 3.79. The van der Waals surface area contributed by atoms with E-state index in [2.05, 4.69) is 15.4 Å². The molecular formula is C3H5N5. The van der Waals surface area contributed by atoms with Gasteiger partial charge in [0, 0.05) is 6.07 Å². The van der Waals surface area contributed by atoms with Crippen LogP contribution in [0.5, 0.6) is 0 Å². The lowest BCUT2D eigenvalue weighted by molar-refractivity contribution is 0.881. The van der Waals surface area contributed by atoms with Gasteiger partial charge in [-0.3, -0.25) is 0 Å². The van der Waals surface area contributed by atoms with Crippen LogP contribution in [0.25, 0.3) is 0 Å². The average molecular weight is 111 g/mol. The fourth-order valence-corrected chi connectivity index (χ4v) is 0.335. The van der Waals surface area contributed by atoms with Gasteiger partial charge in [0.2, 0.25) is 0 Å². The third-order valence-electron chi connectivity index (χ3n) is 0.616. The van der Waals surface area contributed by atoms with Crippen molar-refractivity contribution in [2.45, 2.75) is 0 Å². The highest BCUT2D eigenvalue weighted by molar-refractivity contribution is 5.37. The monoisotopic (exact) mass is 111 g/mol. The predicted octanol–water partition coefficient (Wildman–Crippen LogP) is -0.964. The van der Waals surface area contributed by atoms with E-state index in [1.54, 1.807) is 0 Å². The van der Waals surface area contributed by atoms with Crippen LogP contribution in [0, 0.1) is 0 Å². The van der Waals surface area contributed by atoms with Gasteiger partial charge in [-0.1, -0.05) is 0 Å². The minimum Gasteiger partial charge on any atom is -0.382 e. The van der Waals surface area contributed by atoms with Gasteiger partial charge in [0.25, 0.3) is 0 Å². The van der Waals surface area contributed by atoms with Crippen molar-refractivity contribution in [1.29, 1.82) is 0 Å². The van der Waals surface area contributed by atoms with Gasteiger partial charge in [-0.15, -0.1) is 10.2 Å². The number of aromatic nitrogens is 3. The van der Waals surface area contributed by atoms with Crippen LogP contribution in [-0.4, -0.2) is 15.4 Å². The number of anilines is 2. The summed E-state index contributed by atoms with van der Waals surface area (Å²) in [6.45, 7) is 0. The van der Waals surface area contributed by atoms with Crippen LogP contribution in [-0.2, 0) is 0 Å². The van der Waals surface area contributed by atoms with Crippen LogP contribution in [0.4, 0.5) is 11.6 Å². The van der Waals surface area contributed by atoms with Crippen molar-refractivity contribution in [2.24, 2.45) is 0 Å². The molecule has 42 valence electrons. The average Bonchev–Trinajstić information content (AvgIpc) is 1.64. The summed E-state index contributed by atoms with van der Waals surface area (Å²) in [5, 5.41) is 9.99. The van der Waals surface area contributed by atoms with E-state index in [1.807, 2.05) is 0 Å². The Hall–Kier alpha value is -1.39. The standard InChI is InChI=1S/C3H5N5/c4-2-1-3(5)7-8-6-2/h1H,(H4,4,5,6,7). The molecule has 0 bridgehead atoms. The van der Waals surface area contributed by atoms with Crippen LogP contribution < -0.4 is 11.5 Å². The first kappa shape index (κ1) is 4.76. The summed E-state index contributed by atoms with van der Waals surface area (Å²) in [6, 6.07) is 1.44. The molecule has 0 aliphatic rings. The highest BCUT2D eigenvalue weighted by Gasteiger charge is 1.86. The van der Waals surface area contributed by atoms with Gasteiger partial charge in [-0.25, -0.2) is 0 Å². The summed E-state index contributed by atoms with van der Waals surface area (Å²) in [4.78, 5) is 0. The minimum absolute atomic E-state index is 0.289. The van der Waals surface area contributed by atoms with E-state index in [-0.39, 0.29) is 11.6 Å². The van der Waals surface area contributed by atoms with E-state index in [9.17, 15) is 0 Å². The highest BCUT2D eigenvalue weighted by atomic mass is 15.3. The summed E-state index contributed by atoms with van der Waals surface area (Å²) >= 11 is 0. The molecule has 1 aromatic rings. The molecule has 0 saturated heterocycles. The Bertz CT molecular complexity index is 168. The molecule has 0 aromatic carbocycles.